The van der Waals surface area contributed by atoms with Gasteiger partial charge in [0, 0.05) is 0 Å². The molecule has 0 amide bonds. The van der Waals surface area contributed by atoms with Crippen molar-refractivity contribution in [1.82, 2.24) is 5.32 Å². The van der Waals surface area contributed by atoms with Crippen LogP contribution in [0.1, 0.15) is 12.5 Å². The largest absolute Gasteiger partial charge is 0.480 e. The number of nitrogens with one attached hydrogen (secondary N) is 1. The predicted octanol–water partition coefficient (Wildman–Crippen LogP) is 1.35. The summed E-state index contributed by atoms with van der Waals surface area (Å²) in [7, 11) is 0. The zero-order chi connectivity index (χ0) is 14.3. The lowest BCUT2D eigenvalue weighted by molar-refractivity contribution is -0.147. The first-order chi connectivity index (χ1) is 9.04. The van der Waals surface area contributed by atoms with Gasteiger partial charge in [0.2, 0.25) is 0 Å². The summed E-state index contributed by atoms with van der Waals surface area (Å²) in [5.74, 6) is -1.59. The van der Waals surface area contributed by atoms with Crippen molar-refractivity contribution >= 4 is 11.9 Å². The number of rotatable bonds is 7. The lowest BCUT2D eigenvalue weighted by Gasteiger charge is -2.16. The third-order valence-corrected chi connectivity index (χ3v) is 2.51. The summed E-state index contributed by atoms with van der Waals surface area (Å²) >= 11 is 0. The maximum Gasteiger partial charge on any atom is 0.327 e. The molecule has 1 aromatic rings. The first-order valence-corrected chi connectivity index (χ1v) is 5.86. The number of carbonyl (C=O) groups excluding carboxylic acids is 1. The third-order valence-electron chi connectivity index (χ3n) is 2.51. The highest BCUT2D eigenvalue weighted by atomic mass is 16.5. The molecule has 0 bridgehead atoms. The van der Waals surface area contributed by atoms with E-state index in [0.29, 0.717) is 0 Å². The molecular weight excluding hydrogens is 246 g/mol. The van der Waals surface area contributed by atoms with Crippen molar-refractivity contribution in [1.29, 1.82) is 0 Å². The van der Waals surface area contributed by atoms with Crippen LogP contribution in [0.25, 0.3) is 0 Å². The minimum absolute atomic E-state index is 0.146. The highest BCUT2D eigenvalue weighted by molar-refractivity contribution is 5.80. The van der Waals surface area contributed by atoms with Crippen LogP contribution in [0.3, 0.4) is 0 Å². The van der Waals surface area contributed by atoms with E-state index in [1.165, 1.54) is 13.0 Å². The monoisotopic (exact) mass is 263 g/mol. The molecule has 0 aliphatic heterocycles. The zero-order valence-electron chi connectivity index (χ0n) is 10.7. The normalized spacial score (nSPS) is 13.3. The number of hydrogen-bond donors (Lipinski definition) is 2. The molecule has 0 aromatic heterocycles. The fourth-order valence-electron chi connectivity index (χ4n) is 1.39. The molecule has 5 heteroatoms. The van der Waals surface area contributed by atoms with E-state index in [4.69, 9.17) is 9.84 Å². The molecule has 1 rings (SSSR count). The average Bonchev–Trinajstić information content (AvgIpc) is 2.42. The van der Waals surface area contributed by atoms with Crippen LogP contribution in [-0.4, -0.2) is 29.1 Å². The SMILES string of the molecule is C=CC(N[C@@H](C)C(=O)O)C(=O)OCc1ccccc1. The minimum atomic E-state index is -1.04. The van der Waals surface area contributed by atoms with Gasteiger partial charge in [-0.2, -0.15) is 0 Å². The summed E-state index contributed by atoms with van der Waals surface area (Å²) in [4.78, 5) is 22.5. The second-order valence-corrected chi connectivity index (χ2v) is 4.03. The van der Waals surface area contributed by atoms with Gasteiger partial charge < -0.3 is 9.84 Å². The standard InChI is InChI=1S/C14H17NO4/c1-3-12(15-10(2)13(16)17)14(18)19-9-11-7-5-4-6-8-11/h3-8,10,12,15H,1,9H2,2H3,(H,16,17)/t10-,12?/m0/s1. The van der Waals surface area contributed by atoms with Crippen LogP contribution in [0, 0.1) is 0 Å². The molecule has 0 heterocycles. The Morgan fingerprint density at radius 2 is 2.05 bits per heavy atom. The van der Waals surface area contributed by atoms with Gasteiger partial charge in [0.15, 0.2) is 0 Å². The summed E-state index contributed by atoms with van der Waals surface area (Å²) in [5.41, 5.74) is 0.866. The average molecular weight is 263 g/mol. The van der Waals surface area contributed by atoms with Gasteiger partial charge in [-0.15, -0.1) is 6.58 Å². The Labute approximate surface area is 111 Å². The van der Waals surface area contributed by atoms with E-state index >= 15 is 0 Å². The molecule has 0 radical (unpaired) electrons. The molecular formula is C14H17NO4. The Balaban J connectivity index is 2.50. The number of aliphatic carboxylic acids is 1. The summed E-state index contributed by atoms with van der Waals surface area (Å²) in [6.07, 6.45) is 1.33. The van der Waals surface area contributed by atoms with E-state index in [2.05, 4.69) is 11.9 Å². The molecule has 5 nitrogen and oxygen atoms in total. The predicted molar refractivity (Wildman–Crippen MR) is 70.5 cm³/mol. The van der Waals surface area contributed by atoms with E-state index in [9.17, 15) is 9.59 Å². The number of esters is 1. The van der Waals surface area contributed by atoms with Crippen LogP contribution in [-0.2, 0) is 20.9 Å². The van der Waals surface area contributed by atoms with E-state index in [-0.39, 0.29) is 6.61 Å². The fourth-order valence-corrected chi connectivity index (χ4v) is 1.39. The molecule has 1 unspecified atom stereocenters. The van der Waals surface area contributed by atoms with Gasteiger partial charge in [-0.1, -0.05) is 36.4 Å². The van der Waals surface area contributed by atoms with Gasteiger partial charge >= 0.3 is 11.9 Å². The second-order valence-electron chi connectivity index (χ2n) is 4.03. The molecule has 102 valence electrons. The van der Waals surface area contributed by atoms with E-state index in [1.54, 1.807) is 0 Å². The molecule has 0 spiro atoms. The number of carbonyl (C=O) groups is 2. The molecule has 2 N–H and O–H groups in total. The van der Waals surface area contributed by atoms with E-state index in [0.717, 1.165) is 5.56 Å². The highest BCUT2D eigenvalue weighted by Gasteiger charge is 2.21. The van der Waals surface area contributed by atoms with Crippen LogP contribution >= 0.6 is 0 Å². The van der Waals surface area contributed by atoms with E-state index in [1.807, 2.05) is 30.3 Å². The van der Waals surface area contributed by atoms with Gasteiger partial charge in [-0.25, -0.2) is 4.79 Å². The van der Waals surface area contributed by atoms with Crippen LogP contribution in [0.15, 0.2) is 43.0 Å². The van der Waals surface area contributed by atoms with Crippen molar-refractivity contribution in [2.75, 3.05) is 0 Å². The Hall–Kier alpha value is -2.14. The summed E-state index contributed by atoms with van der Waals surface area (Å²) in [6, 6.07) is 7.54. The number of benzene rings is 1. The molecule has 2 atom stereocenters. The van der Waals surface area contributed by atoms with Crippen LogP contribution in [0.2, 0.25) is 0 Å². The number of hydrogen-bond acceptors (Lipinski definition) is 4. The summed E-state index contributed by atoms with van der Waals surface area (Å²) in [6.45, 7) is 5.09. The Morgan fingerprint density at radius 3 is 2.58 bits per heavy atom. The van der Waals surface area contributed by atoms with E-state index < -0.39 is 24.0 Å². The number of carboxylic acids is 1. The molecule has 0 fully saturated rings. The summed E-state index contributed by atoms with van der Waals surface area (Å²) < 4.78 is 5.10. The van der Waals surface area contributed by atoms with Crippen molar-refractivity contribution in [3.8, 4) is 0 Å². The maximum atomic E-state index is 11.8. The number of ether oxygens (including phenoxy) is 1. The Bertz CT molecular complexity index is 444. The quantitative estimate of drug-likeness (QED) is 0.573. The minimum Gasteiger partial charge on any atom is -0.480 e. The van der Waals surface area contributed by atoms with Crippen LogP contribution in [0.4, 0.5) is 0 Å². The third kappa shape index (κ3) is 4.93. The van der Waals surface area contributed by atoms with Crippen LogP contribution < -0.4 is 5.32 Å². The lowest BCUT2D eigenvalue weighted by Crippen LogP contribution is -2.45. The zero-order valence-corrected chi connectivity index (χ0v) is 10.7. The highest BCUT2D eigenvalue weighted by Crippen LogP contribution is 2.03. The molecule has 0 saturated heterocycles. The first kappa shape index (κ1) is 14.9. The van der Waals surface area contributed by atoms with Crippen molar-refractivity contribution in [2.24, 2.45) is 0 Å². The molecule has 19 heavy (non-hydrogen) atoms. The molecule has 0 aliphatic carbocycles. The van der Waals surface area contributed by atoms with Gasteiger partial charge in [0.05, 0.1) is 0 Å². The topological polar surface area (TPSA) is 75.6 Å². The van der Waals surface area contributed by atoms with Gasteiger partial charge in [0.1, 0.15) is 18.7 Å². The van der Waals surface area contributed by atoms with Gasteiger partial charge in [-0.3, -0.25) is 10.1 Å². The van der Waals surface area contributed by atoms with Crippen molar-refractivity contribution < 1.29 is 19.4 Å². The van der Waals surface area contributed by atoms with Gasteiger partial charge in [0.25, 0.3) is 0 Å². The summed E-state index contributed by atoms with van der Waals surface area (Å²) in [5, 5.41) is 11.4. The van der Waals surface area contributed by atoms with Crippen molar-refractivity contribution in [2.45, 2.75) is 25.6 Å². The molecule has 0 aliphatic rings. The maximum absolute atomic E-state index is 11.8. The molecule has 0 saturated carbocycles. The Kier molecular flexibility index (Phi) is 5.75. The Morgan fingerprint density at radius 1 is 1.42 bits per heavy atom. The smallest absolute Gasteiger partial charge is 0.327 e. The number of carboxylic acid groups (broad SMARTS) is 1. The van der Waals surface area contributed by atoms with Crippen molar-refractivity contribution in [3.05, 3.63) is 48.6 Å². The fraction of sp³-hybridized carbons (Fsp3) is 0.286. The van der Waals surface area contributed by atoms with Crippen molar-refractivity contribution in [3.63, 3.8) is 0 Å². The lowest BCUT2D eigenvalue weighted by atomic mass is 10.2. The van der Waals surface area contributed by atoms with Gasteiger partial charge in [-0.05, 0) is 12.5 Å². The first-order valence-electron chi connectivity index (χ1n) is 5.86. The second kappa shape index (κ2) is 7.33. The van der Waals surface area contributed by atoms with Crippen LogP contribution in [0.5, 0.6) is 0 Å². The molecule has 1 aromatic carbocycles.